The molecule has 8 heteroatoms. The van der Waals surface area contributed by atoms with Gasteiger partial charge in [-0.25, -0.2) is 4.90 Å². The van der Waals surface area contributed by atoms with Gasteiger partial charge in [0, 0.05) is 31.2 Å². The van der Waals surface area contributed by atoms with Crippen molar-refractivity contribution < 1.29 is 19.1 Å². The molecule has 158 valence electrons. The molecule has 0 bridgehead atoms. The van der Waals surface area contributed by atoms with Crippen molar-refractivity contribution in [2.45, 2.75) is 19.9 Å². The summed E-state index contributed by atoms with van der Waals surface area (Å²) in [6.45, 7) is 6.50. The van der Waals surface area contributed by atoms with Crippen molar-refractivity contribution in [3.05, 3.63) is 59.2 Å². The van der Waals surface area contributed by atoms with E-state index in [0.29, 0.717) is 35.7 Å². The van der Waals surface area contributed by atoms with Gasteiger partial charge in [-0.3, -0.25) is 14.4 Å². The second-order valence-electron chi connectivity index (χ2n) is 7.18. The molecule has 0 aliphatic carbocycles. The zero-order valence-electron chi connectivity index (χ0n) is 16.9. The fourth-order valence-corrected chi connectivity index (χ4v) is 3.78. The topological polar surface area (TPSA) is 79.0 Å². The maximum Gasteiger partial charge on any atom is 0.266 e. The largest absolute Gasteiger partial charge is 0.494 e. The first kappa shape index (κ1) is 21.8. The predicted octanol–water partition coefficient (Wildman–Crippen LogP) is 2.74. The lowest BCUT2D eigenvalue weighted by Gasteiger charge is -2.34. The van der Waals surface area contributed by atoms with E-state index in [4.69, 9.17) is 4.74 Å². The monoisotopic (exact) mass is 429 g/mol. The highest BCUT2D eigenvalue weighted by atomic mass is 35.5. The summed E-state index contributed by atoms with van der Waals surface area (Å²) in [6, 6.07) is 11.6. The van der Waals surface area contributed by atoms with Crippen molar-refractivity contribution in [1.82, 2.24) is 10.2 Å². The number of piperazine rings is 1. The van der Waals surface area contributed by atoms with Crippen molar-refractivity contribution in [3.8, 4) is 5.75 Å². The van der Waals surface area contributed by atoms with Crippen LogP contribution in [0.2, 0.25) is 0 Å². The molecule has 7 nitrogen and oxygen atoms in total. The van der Waals surface area contributed by atoms with Crippen LogP contribution in [-0.2, 0) is 0 Å². The van der Waals surface area contributed by atoms with Crippen molar-refractivity contribution in [2.24, 2.45) is 0 Å². The fourth-order valence-electron chi connectivity index (χ4n) is 3.78. The average Bonchev–Trinajstić information content (AvgIpc) is 2.99. The van der Waals surface area contributed by atoms with Gasteiger partial charge in [-0.2, -0.15) is 0 Å². The van der Waals surface area contributed by atoms with Gasteiger partial charge in [0.25, 0.3) is 17.7 Å². The van der Waals surface area contributed by atoms with Gasteiger partial charge in [0.05, 0.1) is 23.4 Å². The van der Waals surface area contributed by atoms with E-state index in [2.05, 4.69) is 5.32 Å². The second-order valence-corrected chi connectivity index (χ2v) is 7.18. The third-order valence-electron chi connectivity index (χ3n) is 5.30. The number of carbonyl (C=O) groups excluding carboxylic acids is 3. The van der Waals surface area contributed by atoms with Crippen LogP contribution in [0.1, 0.15) is 44.9 Å². The van der Waals surface area contributed by atoms with Gasteiger partial charge in [-0.1, -0.05) is 0 Å². The van der Waals surface area contributed by atoms with E-state index < -0.39 is 5.91 Å². The Labute approximate surface area is 181 Å². The standard InChI is InChI=1S/C22H23N3O4.ClH/c1-3-29-17-7-5-16(6-8-17)25-21(27)18-9-4-15(12-19(18)22(25)28)20(26)24-11-10-23-13-14(24)2;/h4-9,12,14,23H,3,10-11,13H2,1-2H3;1H/t14-;/m1./s1. The molecule has 1 saturated heterocycles. The molecular weight excluding hydrogens is 406 g/mol. The number of amides is 3. The molecule has 0 spiro atoms. The fraction of sp³-hybridized carbons (Fsp3) is 0.318. The Hall–Kier alpha value is -2.90. The van der Waals surface area contributed by atoms with Crippen LogP contribution in [0.15, 0.2) is 42.5 Å². The summed E-state index contributed by atoms with van der Waals surface area (Å²) in [5, 5.41) is 3.25. The maximum atomic E-state index is 13.0. The van der Waals surface area contributed by atoms with Gasteiger partial charge >= 0.3 is 0 Å². The Morgan fingerprint density at radius 1 is 1.10 bits per heavy atom. The molecule has 1 N–H and O–H groups in total. The van der Waals surface area contributed by atoms with Gasteiger partial charge in [0.15, 0.2) is 0 Å². The maximum absolute atomic E-state index is 13.0. The number of nitrogens with zero attached hydrogens (tertiary/aromatic N) is 2. The molecule has 0 radical (unpaired) electrons. The third-order valence-corrected chi connectivity index (χ3v) is 5.30. The summed E-state index contributed by atoms with van der Waals surface area (Å²) in [5.41, 5.74) is 1.47. The lowest BCUT2D eigenvalue weighted by molar-refractivity contribution is 0.0655. The summed E-state index contributed by atoms with van der Waals surface area (Å²) in [7, 11) is 0. The summed E-state index contributed by atoms with van der Waals surface area (Å²) in [4.78, 5) is 41.7. The number of rotatable bonds is 4. The van der Waals surface area contributed by atoms with Gasteiger partial charge < -0.3 is 15.0 Å². The number of hydrogen-bond acceptors (Lipinski definition) is 5. The number of hydrogen-bond donors (Lipinski definition) is 1. The number of carbonyl (C=O) groups is 3. The first-order valence-corrected chi connectivity index (χ1v) is 9.78. The highest BCUT2D eigenvalue weighted by molar-refractivity contribution is 6.34. The van der Waals surface area contributed by atoms with Gasteiger partial charge in [0.1, 0.15) is 5.75 Å². The van der Waals surface area contributed by atoms with E-state index in [1.54, 1.807) is 47.4 Å². The minimum absolute atomic E-state index is 0. The van der Waals surface area contributed by atoms with E-state index in [9.17, 15) is 14.4 Å². The molecule has 2 heterocycles. The van der Waals surface area contributed by atoms with Crippen LogP contribution in [0.25, 0.3) is 0 Å². The summed E-state index contributed by atoms with van der Waals surface area (Å²) < 4.78 is 5.41. The smallest absolute Gasteiger partial charge is 0.266 e. The van der Waals surface area contributed by atoms with Crippen LogP contribution in [0.5, 0.6) is 5.75 Å². The number of nitrogens with one attached hydrogen (secondary N) is 1. The number of imide groups is 1. The minimum atomic E-state index is -0.419. The van der Waals surface area contributed by atoms with Crippen molar-refractivity contribution in [2.75, 3.05) is 31.1 Å². The zero-order chi connectivity index (χ0) is 20.5. The average molecular weight is 430 g/mol. The van der Waals surface area contributed by atoms with Crippen LogP contribution < -0.4 is 15.0 Å². The molecule has 2 aliphatic rings. The quantitative estimate of drug-likeness (QED) is 0.756. The molecule has 1 atom stereocenters. The second kappa shape index (κ2) is 8.85. The molecule has 3 amide bonds. The van der Waals surface area contributed by atoms with E-state index in [1.165, 1.54) is 0 Å². The Kier molecular flexibility index (Phi) is 6.43. The number of halogens is 1. The SMILES string of the molecule is CCOc1ccc(N2C(=O)c3ccc(C(=O)N4CCNC[C@H]4C)cc3C2=O)cc1.Cl. The molecule has 4 rings (SSSR count). The zero-order valence-corrected chi connectivity index (χ0v) is 17.7. The van der Waals surface area contributed by atoms with Gasteiger partial charge in [-0.15, -0.1) is 12.4 Å². The third kappa shape index (κ3) is 3.78. The molecule has 2 aliphatic heterocycles. The predicted molar refractivity (Wildman–Crippen MR) is 116 cm³/mol. The molecule has 2 aromatic rings. The molecule has 1 fully saturated rings. The van der Waals surface area contributed by atoms with Gasteiger partial charge in [0.2, 0.25) is 0 Å². The highest BCUT2D eigenvalue weighted by Crippen LogP contribution is 2.30. The van der Waals surface area contributed by atoms with Crippen LogP contribution >= 0.6 is 12.4 Å². The van der Waals surface area contributed by atoms with Crippen molar-refractivity contribution in [3.63, 3.8) is 0 Å². The molecule has 0 unspecified atom stereocenters. The van der Waals surface area contributed by atoms with Crippen LogP contribution in [0, 0.1) is 0 Å². The van der Waals surface area contributed by atoms with E-state index in [-0.39, 0.29) is 35.8 Å². The number of fused-ring (bicyclic) bond motifs is 1. The van der Waals surface area contributed by atoms with Crippen LogP contribution in [-0.4, -0.2) is 54.9 Å². The Balaban J connectivity index is 0.00000256. The Morgan fingerprint density at radius 3 is 2.47 bits per heavy atom. The molecule has 0 aromatic heterocycles. The van der Waals surface area contributed by atoms with Crippen molar-refractivity contribution >= 4 is 35.8 Å². The van der Waals surface area contributed by atoms with E-state index in [0.717, 1.165) is 18.0 Å². The molecular formula is C22H24ClN3O4. The van der Waals surface area contributed by atoms with E-state index in [1.807, 2.05) is 13.8 Å². The van der Waals surface area contributed by atoms with Crippen molar-refractivity contribution in [1.29, 1.82) is 0 Å². The van der Waals surface area contributed by atoms with Crippen LogP contribution in [0.4, 0.5) is 5.69 Å². The van der Waals surface area contributed by atoms with E-state index >= 15 is 0 Å². The molecule has 30 heavy (non-hydrogen) atoms. The first-order valence-electron chi connectivity index (χ1n) is 9.78. The number of ether oxygens (including phenoxy) is 1. The summed E-state index contributed by atoms with van der Waals surface area (Å²) in [5.74, 6) is -0.256. The minimum Gasteiger partial charge on any atom is -0.494 e. The normalized spacial score (nSPS) is 18.1. The van der Waals surface area contributed by atoms with Crippen LogP contribution in [0.3, 0.4) is 0 Å². The summed E-state index contributed by atoms with van der Waals surface area (Å²) >= 11 is 0. The lowest BCUT2D eigenvalue weighted by atomic mass is 10.0. The van der Waals surface area contributed by atoms with Gasteiger partial charge in [-0.05, 0) is 56.3 Å². The number of benzene rings is 2. The number of anilines is 1. The summed E-state index contributed by atoms with van der Waals surface area (Å²) in [6.07, 6.45) is 0. The lowest BCUT2D eigenvalue weighted by Crippen LogP contribution is -2.52. The Morgan fingerprint density at radius 2 is 1.80 bits per heavy atom. The first-order chi connectivity index (χ1) is 14.0. The molecule has 0 saturated carbocycles. The Bertz CT molecular complexity index is 977. The molecule has 2 aromatic carbocycles. The highest BCUT2D eigenvalue weighted by Gasteiger charge is 2.37.